The molecule has 1 aliphatic heterocycles. The number of nitro groups is 1. The fraction of sp³-hybridized carbons (Fsp3) is 0.364. The largest absolute Gasteiger partial charge is 0.486 e. The number of amides is 1. The molecule has 1 N–H and O–H groups in total. The summed E-state index contributed by atoms with van der Waals surface area (Å²) in [5.41, 5.74) is -0.104. The summed E-state index contributed by atoms with van der Waals surface area (Å²) in [5.74, 6) is 0.402. The number of carbonyl (C=O) groups is 1. The van der Waals surface area contributed by atoms with E-state index < -0.39 is 4.92 Å². The van der Waals surface area contributed by atoms with Crippen molar-refractivity contribution in [2.75, 3.05) is 23.9 Å². The standard InChI is InChI=1S/C11H11BrN2O5/c12-2-1-11(15)13-7-5-9-10(19-4-3-18-9)6-8(7)14(16)17/h5-6H,1-4H2,(H,13,15). The van der Waals surface area contributed by atoms with Gasteiger partial charge in [-0.1, -0.05) is 15.9 Å². The van der Waals surface area contributed by atoms with Gasteiger partial charge in [0.25, 0.3) is 5.69 Å². The Kier molecular flexibility index (Phi) is 4.20. The molecule has 0 radical (unpaired) electrons. The molecule has 2 rings (SSSR count). The maximum absolute atomic E-state index is 11.5. The SMILES string of the molecule is O=C(CCBr)Nc1cc2c(cc1[N+](=O)[O-])OCCO2. The zero-order valence-corrected chi connectivity index (χ0v) is 11.4. The van der Waals surface area contributed by atoms with Crippen LogP contribution in [0.4, 0.5) is 11.4 Å². The minimum Gasteiger partial charge on any atom is -0.486 e. The van der Waals surface area contributed by atoms with Gasteiger partial charge >= 0.3 is 0 Å². The molecule has 0 unspecified atom stereocenters. The normalized spacial score (nSPS) is 12.9. The van der Waals surface area contributed by atoms with Gasteiger partial charge < -0.3 is 14.8 Å². The molecular formula is C11H11BrN2O5. The van der Waals surface area contributed by atoms with Crippen LogP contribution in [0, 0.1) is 10.1 Å². The van der Waals surface area contributed by atoms with Crippen molar-refractivity contribution in [2.45, 2.75) is 6.42 Å². The van der Waals surface area contributed by atoms with Crippen LogP contribution < -0.4 is 14.8 Å². The van der Waals surface area contributed by atoms with E-state index in [4.69, 9.17) is 9.47 Å². The molecule has 1 aromatic carbocycles. The lowest BCUT2D eigenvalue weighted by molar-refractivity contribution is -0.384. The number of fused-ring (bicyclic) bond motifs is 1. The lowest BCUT2D eigenvalue weighted by Gasteiger charge is -2.19. The first-order valence-electron chi connectivity index (χ1n) is 5.55. The van der Waals surface area contributed by atoms with Gasteiger partial charge in [-0.15, -0.1) is 0 Å². The second kappa shape index (κ2) is 5.87. The van der Waals surface area contributed by atoms with E-state index in [0.717, 1.165) is 0 Å². The van der Waals surface area contributed by atoms with Crippen molar-refractivity contribution in [1.29, 1.82) is 0 Å². The van der Waals surface area contributed by atoms with Crippen molar-refractivity contribution in [2.24, 2.45) is 0 Å². The van der Waals surface area contributed by atoms with E-state index in [-0.39, 0.29) is 23.7 Å². The summed E-state index contributed by atoms with van der Waals surface area (Å²) in [7, 11) is 0. The fourth-order valence-electron chi connectivity index (χ4n) is 1.63. The van der Waals surface area contributed by atoms with E-state index in [2.05, 4.69) is 21.2 Å². The third-order valence-electron chi connectivity index (χ3n) is 2.45. The Labute approximate surface area is 117 Å². The number of rotatable bonds is 4. The first-order valence-corrected chi connectivity index (χ1v) is 6.68. The molecule has 0 saturated heterocycles. The summed E-state index contributed by atoms with van der Waals surface area (Å²) in [6.45, 7) is 0.721. The second-order valence-corrected chi connectivity index (χ2v) is 4.55. The van der Waals surface area contributed by atoms with E-state index in [1.807, 2.05) is 0 Å². The number of hydrogen-bond acceptors (Lipinski definition) is 5. The minimum absolute atomic E-state index is 0.111. The molecule has 8 heteroatoms. The number of benzene rings is 1. The van der Waals surface area contributed by atoms with Gasteiger partial charge in [-0.2, -0.15) is 0 Å². The van der Waals surface area contributed by atoms with Gasteiger partial charge in [0, 0.05) is 17.8 Å². The summed E-state index contributed by atoms with van der Waals surface area (Å²) in [4.78, 5) is 21.9. The van der Waals surface area contributed by atoms with Gasteiger partial charge in [0.05, 0.1) is 11.0 Å². The molecule has 1 aliphatic rings. The van der Waals surface area contributed by atoms with Crippen molar-refractivity contribution in [3.63, 3.8) is 0 Å². The van der Waals surface area contributed by atoms with E-state index in [9.17, 15) is 14.9 Å². The third kappa shape index (κ3) is 3.14. The number of ether oxygens (including phenoxy) is 2. The van der Waals surface area contributed by atoms with Crippen LogP contribution in [-0.4, -0.2) is 29.4 Å². The monoisotopic (exact) mass is 330 g/mol. The summed E-state index contributed by atoms with van der Waals surface area (Å²) in [6, 6.07) is 2.68. The number of nitrogens with zero attached hydrogens (tertiary/aromatic N) is 1. The number of hydrogen-bond donors (Lipinski definition) is 1. The van der Waals surface area contributed by atoms with Crippen LogP contribution in [0.25, 0.3) is 0 Å². The van der Waals surface area contributed by atoms with Gasteiger partial charge in [0.15, 0.2) is 11.5 Å². The van der Waals surface area contributed by atoms with Crippen LogP contribution in [0.1, 0.15) is 6.42 Å². The molecule has 1 amide bonds. The highest BCUT2D eigenvalue weighted by Gasteiger charge is 2.23. The maximum Gasteiger partial charge on any atom is 0.296 e. The van der Waals surface area contributed by atoms with E-state index in [1.165, 1.54) is 12.1 Å². The van der Waals surface area contributed by atoms with Gasteiger partial charge in [-0.05, 0) is 0 Å². The molecular weight excluding hydrogens is 320 g/mol. The Morgan fingerprint density at radius 3 is 2.58 bits per heavy atom. The molecule has 7 nitrogen and oxygen atoms in total. The van der Waals surface area contributed by atoms with Gasteiger partial charge in [0.2, 0.25) is 5.91 Å². The average Bonchev–Trinajstić information content (AvgIpc) is 2.38. The first-order chi connectivity index (χ1) is 9.11. The van der Waals surface area contributed by atoms with Crippen molar-refractivity contribution < 1.29 is 19.2 Å². The molecule has 1 heterocycles. The fourth-order valence-corrected chi connectivity index (χ4v) is 1.99. The second-order valence-electron chi connectivity index (χ2n) is 3.76. The van der Waals surface area contributed by atoms with Crippen LogP contribution in [0.3, 0.4) is 0 Å². The molecule has 0 fully saturated rings. The Bertz CT molecular complexity index is 520. The summed E-state index contributed by atoms with van der Waals surface area (Å²) in [6.07, 6.45) is 0.228. The lowest BCUT2D eigenvalue weighted by atomic mass is 10.2. The zero-order chi connectivity index (χ0) is 13.8. The Morgan fingerprint density at radius 2 is 2.00 bits per heavy atom. The predicted octanol–water partition coefficient (Wildman–Crippen LogP) is 2.09. The molecule has 0 aliphatic carbocycles. The van der Waals surface area contributed by atoms with E-state index in [0.29, 0.717) is 30.0 Å². The molecule has 102 valence electrons. The van der Waals surface area contributed by atoms with Crippen molar-refractivity contribution in [1.82, 2.24) is 0 Å². The lowest BCUT2D eigenvalue weighted by Crippen LogP contribution is -2.17. The highest BCUT2D eigenvalue weighted by Crippen LogP contribution is 2.39. The van der Waals surface area contributed by atoms with Crippen molar-refractivity contribution in [3.8, 4) is 11.5 Å². The summed E-state index contributed by atoms with van der Waals surface area (Å²) >= 11 is 3.13. The van der Waals surface area contributed by atoms with Crippen LogP contribution in [0.5, 0.6) is 11.5 Å². The van der Waals surface area contributed by atoms with Crippen molar-refractivity contribution >= 4 is 33.2 Å². The van der Waals surface area contributed by atoms with Crippen LogP contribution >= 0.6 is 15.9 Å². The average molecular weight is 331 g/mol. The molecule has 0 saturated carbocycles. The molecule has 19 heavy (non-hydrogen) atoms. The molecule has 0 bridgehead atoms. The van der Waals surface area contributed by atoms with Gasteiger partial charge in [-0.3, -0.25) is 14.9 Å². The minimum atomic E-state index is -0.567. The maximum atomic E-state index is 11.5. The number of nitrogens with one attached hydrogen (secondary N) is 1. The van der Waals surface area contributed by atoms with E-state index in [1.54, 1.807) is 0 Å². The third-order valence-corrected chi connectivity index (χ3v) is 2.85. The number of nitro benzene ring substituents is 1. The quantitative estimate of drug-likeness (QED) is 0.518. The first kappa shape index (κ1) is 13.6. The Hall–Kier alpha value is -1.83. The summed E-state index contributed by atoms with van der Waals surface area (Å²) < 4.78 is 10.6. The topological polar surface area (TPSA) is 90.7 Å². The number of halogens is 1. The van der Waals surface area contributed by atoms with Gasteiger partial charge in [0.1, 0.15) is 18.9 Å². The van der Waals surface area contributed by atoms with Gasteiger partial charge in [-0.25, -0.2) is 0 Å². The number of carbonyl (C=O) groups excluding carboxylic acids is 1. The highest BCUT2D eigenvalue weighted by atomic mass is 79.9. The molecule has 0 aromatic heterocycles. The van der Waals surface area contributed by atoms with E-state index >= 15 is 0 Å². The smallest absolute Gasteiger partial charge is 0.296 e. The number of anilines is 1. The Morgan fingerprint density at radius 1 is 1.37 bits per heavy atom. The molecule has 0 atom stereocenters. The highest BCUT2D eigenvalue weighted by molar-refractivity contribution is 9.09. The van der Waals surface area contributed by atoms with Crippen molar-refractivity contribution in [3.05, 3.63) is 22.2 Å². The van der Waals surface area contributed by atoms with Crippen LogP contribution in [-0.2, 0) is 4.79 Å². The predicted molar refractivity (Wildman–Crippen MR) is 71.1 cm³/mol. The Balaban J connectivity index is 2.34. The van der Waals surface area contributed by atoms with Crippen LogP contribution in [0.2, 0.25) is 0 Å². The molecule has 0 spiro atoms. The number of alkyl halides is 1. The van der Waals surface area contributed by atoms with Crippen LogP contribution in [0.15, 0.2) is 12.1 Å². The summed E-state index contributed by atoms with van der Waals surface area (Å²) in [5, 5.41) is 14.0. The molecule has 1 aromatic rings. The zero-order valence-electron chi connectivity index (χ0n) is 9.85.